The third-order valence-electron chi connectivity index (χ3n) is 9.35. The number of aliphatic hydroxyl groups excluding tert-OH is 1. The van der Waals surface area contributed by atoms with E-state index in [1.807, 2.05) is 0 Å². The second-order valence-corrected chi connectivity index (χ2v) is 18.2. The van der Waals surface area contributed by atoms with Gasteiger partial charge in [0.2, 0.25) is 0 Å². The smallest absolute Gasteiger partial charge is 0.394 e. The monoisotopic (exact) mass is 820 g/mol. The molecule has 1 N–H and O–H groups in total. The van der Waals surface area contributed by atoms with E-state index in [4.69, 9.17) is 111 Å². The standard InChI is InChI=1S/C24H41B10O18P3/c1-39-13-5-21(25)46-18(13)10-43-53(36,40-2)50-14-6-22(31-26)47-19(14)11-44-55(38,42-4)52-16-7-23(33(28)29)49-20(16)12-45-54(37,41-3)51-15-8-24(34(30)32-27)48-17(15)9-35/h13-24,35H,5-12H2,1-4H3/t13?,14?,15?,16?,17-,18-,19-,20-,21-,22-,23-,24-,53?,54?,55?/m1/s1. The van der Waals surface area contributed by atoms with Crippen molar-refractivity contribution < 1.29 is 83.2 Å². The molecular weight excluding hydrogens is 777 g/mol. The van der Waals surface area contributed by atoms with Gasteiger partial charge in [0, 0.05) is 98.2 Å². The maximum absolute atomic E-state index is 13.9. The van der Waals surface area contributed by atoms with E-state index in [0.717, 1.165) is 21.3 Å². The summed E-state index contributed by atoms with van der Waals surface area (Å²) in [4.78, 5) is 0. The van der Waals surface area contributed by atoms with Crippen molar-refractivity contribution in [2.45, 2.75) is 98.5 Å². The van der Waals surface area contributed by atoms with Gasteiger partial charge in [0.1, 0.15) is 32.3 Å². The Kier molecular flexibility index (Phi) is 19.4. The van der Waals surface area contributed by atoms with Gasteiger partial charge in [0.05, 0.1) is 71.0 Å². The molecule has 0 saturated carbocycles. The zero-order valence-electron chi connectivity index (χ0n) is 31.1. The number of rotatable bonds is 24. The maximum Gasteiger partial charge on any atom is 0.474 e. The molecule has 31 heteroatoms. The van der Waals surface area contributed by atoms with Gasteiger partial charge in [0.15, 0.2) is 0 Å². The van der Waals surface area contributed by atoms with Crippen molar-refractivity contribution in [1.29, 1.82) is 0 Å². The number of aliphatic hydroxyl groups is 1. The van der Waals surface area contributed by atoms with Gasteiger partial charge in [0.25, 0.3) is 0 Å². The second kappa shape index (κ2) is 22.0. The van der Waals surface area contributed by atoms with E-state index in [0.29, 0.717) is 6.42 Å². The molecule has 7 unspecified atom stereocenters. The van der Waals surface area contributed by atoms with Gasteiger partial charge < -0.3 is 28.8 Å². The van der Waals surface area contributed by atoms with Crippen LogP contribution in [0, 0.1) is 0 Å². The Morgan fingerprint density at radius 3 is 1.56 bits per heavy atom. The van der Waals surface area contributed by atoms with Crippen LogP contribution in [0.3, 0.4) is 0 Å². The first-order valence-electron chi connectivity index (χ1n) is 17.4. The van der Waals surface area contributed by atoms with Crippen LogP contribution < -0.4 is 0 Å². The van der Waals surface area contributed by atoms with Crippen molar-refractivity contribution in [3.05, 3.63) is 0 Å². The number of hydrogen-bond donors (Lipinski definition) is 1. The fourth-order valence-corrected chi connectivity index (χ4v) is 9.69. The molecule has 0 aromatic heterocycles. The predicted octanol–water partition coefficient (Wildman–Crippen LogP) is -1.69. The molecule has 0 amide bonds. The molecule has 0 aromatic rings. The molecule has 14 radical (unpaired) electrons. The summed E-state index contributed by atoms with van der Waals surface area (Å²) in [6.07, 6.45) is -6.49. The fraction of sp³-hybridized carbons (Fsp3) is 1.00. The van der Waals surface area contributed by atoms with Gasteiger partial charge in [-0.25, -0.2) is 13.7 Å². The first kappa shape index (κ1) is 48.4. The van der Waals surface area contributed by atoms with Crippen molar-refractivity contribution in [2.75, 3.05) is 54.9 Å². The van der Waals surface area contributed by atoms with Crippen LogP contribution in [-0.2, 0) is 78.1 Å². The molecule has 4 heterocycles. The van der Waals surface area contributed by atoms with E-state index >= 15 is 0 Å². The first-order valence-corrected chi connectivity index (χ1v) is 21.8. The fourth-order valence-electron chi connectivity index (χ4n) is 6.29. The molecule has 0 aliphatic carbocycles. The molecule has 4 fully saturated rings. The molecule has 4 rings (SSSR count). The minimum absolute atomic E-state index is 0.0114. The highest BCUT2D eigenvalue weighted by Crippen LogP contribution is 2.56. The third kappa shape index (κ3) is 13.4. The van der Waals surface area contributed by atoms with E-state index < -0.39 is 129 Å². The number of methoxy groups -OCH3 is 1. The van der Waals surface area contributed by atoms with Crippen LogP contribution in [0.1, 0.15) is 25.7 Å². The van der Waals surface area contributed by atoms with E-state index in [1.165, 1.54) is 21.3 Å². The van der Waals surface area contributed by atoms with E-state index in [9.17, 15) is 18.8 Å². The molecule has 15 atom stereocenters. The van der Waals surface area contributed by atoms with Gasteiger partial charge >= 0.3 is 23.5 Å². The summed E-state index contributed by atoms with van der Waals surface area (Å²) >= 11 is 0. The summed E-state index contributed by atoms with van der Waals surface area (Å²) in [5.41, 5.74) is 0. The average Bonchev–Trinajstić information content (AvgIpc) is 3.96. The van der Waals surface area contributed by atoms with Crippen LogP contribution in [0.5, 0.6) is 0 Å². The summed E-state index contributed by atoms with van der Waals surface area (Å²) in [6.45, 7) is -3.35. The summed E-state index contributed by atoms with van der Waals surface area (Å²) in [5, 5.41) is 9.80. The third-order valence-corrected chi connectivity index (χ3v) is 13.7. The lowest BCUT2D eigenvalue weighted by Crippen LogP contribution is -2.38. The van der Waals surface area contributed by atoms with E-state index in [-0.39, 0.29) is 25.9 Å². The van der Waals surface area contributed by atoms with Gasteiger partial charge in [-0.2, -0.15) is 0 Å². The van der Waals surface area contributed by atoms with Gasteiger partial charge in [-0.1, -0.05) is 0 Å². The molecule has 4 saturated heterocycles. The van der Waals surface area contributed by atoms with Gasteiger partial charge in [-0.15, -0.1) is 0 Å². The topological polar surface area (TPSA) is 201 Å². The first-order chi connectivity index (χ1) is 26.1. The summed E-state index contributed by atoms with van der Waals surface area (Å²) in [5.74, 6) is 0. The Balaban J connectivity index is 1.39. The van der Waals surface area contributed by atoms with Gasteiger partial charge in [-0.3, -0.25) is 40.7 Å². The molecule has 0 aromatic carbocycles. The Morgan fingerprint density at radius 1 is 0.655 bits per heavy atom. The number of phosphoric acid groups is 3. The lowest BCUT2D eigenvalue weighted by atomic mass is 9.03. The lowest BCUT2D eigenvalue weighted by molar-refractivity contribution is -0.0411. The number of ether oxygens (including phenoxy) is 5. The van der Waals surface area contributed by atoms with Gasteiger partial charge in [-0.05, 0) is 25.7 Å². The summed E-state index contributed by atoms with van der Waals surface area (Å²) < 4.78 is 119. The molecule has 55 heavy (non-hydrogen) atoms. The molecule has 290 valence electrons. The maximum atomic E-state index is 13.9. The summed E-state index contributed by atoms with van der Waals surface area (Å²) in [7, 11) is 29.1. The minimum Gasteiger partial charge on any atom is -0.394 e. The Morgan fingerprint density at radius 2 is 1.11 bits per heavy atom. The molecule has 18 nitrogen and oxygen atoms in total. The van der Waals surface area contributed by atoms with Crippen LogP contribution in [0.25, 0.3) is 0 Å². The molecule has 4 aliphatic heterocycles. The molecule has 0 spiro atoms. The quantitative estimate of drug-likeness (QED) is 0.0854. The summed E-state index contributed by atoms with van der Waals surface area (Å²) in [6, 6.07) is -2.72. The van der Waals surface area contributed by atoms with E-state index in [2.05, 4.69) is 0 Å². The van der Waals surface area contributed by atoms with Crippen molar-refractivity contribution >= 4 is 97.2 Å². The number of hydrogen-bond acceptors (Lipinski definition) is 18. The Hall–Kier alpha value is 0.739. The van der Waals surface area contributed by atoms with Crippen molar-refractivity contribution in [3.63, 3.8) is 0 Å². The highest BCUT2D eigenvalue weighted by Gasteiger charge is 2.48. The van der Waals surface area contributed by atoms with Crippen molar-refractivity contribution in [2.24, 2.45) is 0 Å². The minimum atomic E-state index is -4.45. The van der Waals surface area contributed by atoms with E-state index in [1.54, 1.807) is 0 Å². The molecule has 0 bridgehead atoms. The normalized spacial score (nSPS) is 36.9. The zero-order valence-corrected chi connectivity index (χ0v) is 33.8. The Labute approximate surface area is 333 Å². The molecule has 4 aliphatic rings. The second-order valence-electron chi connectivity index (χ2n) is 13.0. The Bertz CT molecular complexity index is 1340. The van der Waals surface area contributed by atoms with Crippen LogP contribution in [0.15, 0.2) is 0 Å². The SMILES string of the molecule is [B][B]B([B])[C@H]1CC(OP(=O)(OC)OC[C@H]2O[C@@H](B([B])[B])CC2OP(=O)(OC)OC[C@H]2O[C@@H]([B][B])CC2OP(=O)(OC)OC[C@H]2O[C@@H]([B])CC2OC)[C@@H](CO)O1. The van der Waals surface area contributed by atoms with Crippen molar-refractivity contribution in [1.82, 2.24) is 0 Å². The largest absolute Gasteiger partial charge is 0.474 e. The zero-order chi connectivity index (χ0) is 40.6. The highest BCUT2D eigenvalue weighted by molar-refractivity contribution is 7.49. The van der Waals surface area contributed by atoms with Crippen LogP contribution >= 0.6 is 23.5 Å². The number of phosphoric ester groups is 3. The van der Waals surface area contributed by atoms with Crippen LogP contribution in [0.2, 0.25) is 0 Å². The van der Waals surface area contributed by atoms with Crippen molar-refractivity contribution in [3.8, 4) is 0 Å². The lowest BCUT2D eigenvalue weighted by Gasteiger charge is -2.27. The average molecular weight is 819 g/mol. The van der Waals surface area contributed by atoms with Crippen LogP contribution in [0.4, 0.5) is 0 Å². The molecular formula is C24H41B10O18P3. The predicted molar refractivity (Wildman–Crippen MR) is 205 cm³/mol. The highest BCUT2D eigenvalue weighted by atomic mass is 31.2. The van der Waals surface area contributed by atoms with Crippen LogP contribution in [-0.4, -0.2) is 207 Å².